The number of alkyl halides is 1. The van der Waals surface area contributed by atoms with Gasteiger partial charge in [-0.05, 0) is 50.6 Å². The highest BCUT2D eigenvalue weighted by molar-refractivity contribution is 6.20. The predicted octanol–water partition coefficient (Wildman–Crippen LogP) is 1.33. The molecule has 1 aliphatic carbocycles. The summed E-state index contributed by atoms with van der Waals surface area (Å²) in [5.74, 6) is 1.68. The highest BCUT2D eigenvalue weighted by atomic mass is 35.5. The average Bonchev–Trinajstić information content (AvgIpc) is 2.49. The second-order valence-electron chi connectivity index (χ2n) is 4.43. The van der Waals surface area contributed by atoms with Gasteiger partial charge in [-0.15, -0.1) is 11.6 Å². The largest absolute Gasteiger partial charge is 0.330 e. The molecular formula is C10H19ClN2. The molecule has 4 atom stereocenters. The van der Waals surface area contributed by atoms with Crippen LogP contribution in [0, 0.1) is 11.8 Å². The van der Waals surface area contributed by atoms with Crippen LogP contribution in [-0.2, 0) is 0 Å². The molecule has 0 radical (unpaired) electrons. The van der Waals surface area contributed by atoms with Crippen molar-refractivity contribution in [2.24, 2.45) is 17.6 Å². The van der Waals surface area contributed by atoms with Gasteiger partial charge in [0.2, 0.25) is 0 Å². The van der Waals surface area contributed by atoms with E-state index in [1.807, 2.05) is 0 Å². The van der Waals surface area contributed by atoms with E-state index in [-0.39, 0.29) is 0 Å². The zero-order valence-electron chi connectivity index (χ0n) is 8.01. The van der Waals surface area contributed by atoms with Crippen molar-refractivity contribution in [1.29, 1.82) is 0 Å². The van der Waals surface area contributed by atoms with Gasteiger partial charge in [0.25, 0.3) is 0 Å². The standard InChI is InChI=1S/C10H19ClN2/c11-8-1-2-9-7(3-4-12)6-13-10(9)5-8/h7-10,13H,1-6,12H2. The molecule has 1 aliphatic heterocycles. The molecule has 0 aromatic rings. The molecule has 1 saturated heterocycles. The number of fused-ring (bicyclic) bond motifs is 1. The molecule has 0 bridgehead atoms. The van der Waals surface area contributed by atoms with Crippen molar-refractivity contribution in [3.05, 3.63) is 0 Å². The molecular weight excluding hydrogens is 184 g/mol. The van der Waals surface area contributed by atoms with Crippen molar-refractivity contribution in [2.75, 3.05) is 13.1 Å². The van der Waals surface area contributed by atoms with Crippen molar-refractivity contribution in [2.45, 2.75) is 37.1 Å². The monoisotopic (exact) mass is 202 g/mol. The molecule has 0 spiro atoms. The van der Waals surface area contributed by atoms with Crippen molar-refractivity contribution in [3.63, 3.8) is 0 Å². The van der Waals surface area contributed by atoms with E-state index in [4.69, 9.17) is 17.3 Å². The summed E-state index contributed by atoms with van der Waals surface area (Å²) in [6.45, 7) is 2.00. The smallest absolute Gasteiger partial charge is 0.0351 e. The number of nitrogens with one attached hydrogen (secondary N) is 1. The van der Waals surface area contributed by atoms with Crippen LogP contribution in [0.25, 0.3) is 0 Å². The van der Waals surface area contributed by atoms with Gasteiger partial charge < -0.3 is 11.1 Å². The Bertz CT molecular complexity index is 168. The van der Waals surface area contributed by atoms with Crippen LogP contribution in [0.1, 0.15) is 25.7 Å². The minimum absolute atomic E-state index is 0.408. The lowest BCUT2D eigenvalue weighted by Crippen LogP contribution is -2.34. The fourth-order valence-electron chi connectivity index (χ4n) is 2.93. The first-order valence-electron chi connectivity index (χ1n) is 5.38. The zero-order chi connectivity index (χ0) is 9.26. The summed E-state index contributed by atoms with van der Waals surface area (Å²) in [6, 6.07) is 0.688. The van der Waals surface area contributed by atoms with Gasteiger partial charge in [-0.2, -0.15) is 0 Å². The van der Waals surface area contributed by atoms with Crippen LogP contribution in [0.2, 0.25) is 0 Å². The summed E-state index contributed by atoms with van der Waals surface area (Å²) in [5, 5.41) is 3.99. The van der Waals surface area contributed by atoms with Crippen LogP contribution in [0.5, 0.6) is 0 Å². The van der Waals surface area contributed by atoms with Crippen LogP contribution in [0.4, 0.5) is 0 Å². The van der Waals surface area contributed by atoms with Gasteiger partial charge in [-0.3, -0.25) is 0 Å². The summed E-state index contributed by atoms with van der Waals surface area (Å²) in [4.78, 5) is 0. The Hall–Kier alpha value is 0.210. The van der Waals surface area contributed by atoms with E-state index in [9.17, 15) is 0 Å². The fourth-order valence-corrected chi connectivity index (χ4v) is 3.24. The molecule has 0 aromatic heterocycles. The molecule has 1 saturated carbocycles. The third kappa shape index (κ3) is 2.00. The highest BCUT2D eigenvalue weighted by Gasteiger charge is 2.38. The summed E-state index contributed by atoms with van der Waals surface area (Å²) in [6.07, 6.45) is 4.84. The quantitative estimate of drug-likeness (QED) is 0.664. The van der Waals surface area contributed by atoms with Crippen LogP contribution >= 0.6 is 11.6 Å². The van der Waals surface area contributed by atoms with E-state index in [2.05, 4.69) is 5.32 Å². The lowest BCUT2D eigenvalue weighted by molar-refractivity contribution is 0.270. The molecule has 76 valence electrons. The summed E-state index contributed by atoms with van der Waals surface area (Å²) in [5.41, 5.74) is 5.60. The van der Waals surface area contributed by atoms with Gasteiger partial charge in [0.05, 0.1) is 0 Å². The minimum Gasteiger partial charge on any atom is -0.330 e. The molecule has 4 unspecified atom stereocenters. The second-order valence-corrected chi connectivity index (χ2v) is 5.04. The first-order chi connectivity index (χ1) is 6.31. The zero-order valence-corrected chi connectivity index (χ0v) is 8.76. The van der Waals surface area contributed by atoms with E-state index in [0.717, 1.165) is 31.3 Å². The number of hydrogen-bond donors (Lipinski definition) is 2. The third-order valence-electron chi connectivity index (χ3n) is 3.62. The summed E-state index contributed by atoms with van der Waals surface area (Å²) < 4.78 is 0. The van der Waals surface area contributed by atoms with Gasteiger partial charge >= 0.3 is 0 Å². The molecule has 2 nitrogen and oxygen atoms in total. The van der Waals surface area contributed by atoms with E-state index in [1.54, 1.807) is 0 Å². The van der Waals surface area contributed by atoms with E-state index in [0.29, 0.717) is 11.4 Å². The lowest BCUT2D eigenvalue weighted by atomic mass is 9.78. The Labute approximate surface area is 85.2 Å². The Morgan fingerprint density at radius 3 is 3.00 bits per heavy atom. The summed E-state index contributed by atoms with van der Waals surface area (Å²) in [7, 11) is 0. The molecule has 0 aromatic carbocycles. The van der Waals surface area contributed by atoms with E-state index >= 15 is 0 Å². The first-order valence-corrected chi connectivity index (χ1v) is 5.82. The maximum absolute atomic E-state index is 6.14. The Morgan fingerprint density at radius 2 is 2.23 bits per heavy atom. The number of rotatable bonds is 2. The van der Waals surface area contributed by atoms with E-state index in [1.165, 1.54) is 19.3 Å². The van der Waals surface area contributed by atoms with Crippen LogP contribution in [0.15, 0.2) is 0 Å². The number of halogens is 1. The maximum atomic E-state index is 6.14. The van der Waals surface area contributed by atoms with Crippen LogP contribution < -0.4 is 11.1 Å². The maximum Gasteiger partial charge on any atom is 0.0351 e. The normalized spacial score (nSPS) is 44.8. The minimum atomic E-state index is 0.408. The van der Waals surface area contributed by atoms with Gasteiger partial charge in [0.15, 0.2) is 0 Å². The van der Waals surface area contributed by atoms with Crippen LogP contribution in [-0.4, -0.2) is 24.5 Å². The Kier molecular flexibility index (Phi) is 3.12. The van der Waals surface area contributed by atoms with Crippen molar-refractivity contribution in [3.8, 4) is 0 Å². The lowest BCUT2D eigenvalue weighted by Gasteiger charge is -2.31. The topological polar surface area (TPSA) is 38.0 Å². The second kappa shape index (κ2) is 4.16. The van der Waals surface area contributed by atoms with Gasteiger partial charge in [0.1, 0.15) is 0 Å². The molecule has 2 aliphatic rings. The van der Waals surface area contributed by atoms with E-state index < -0.39 is 0 Å². The molecule has 2 rings (SSSR count). The predicted molar refractivity (Wildman–Crippen MR) is 55.9 cm³/mol. The fraction of sp³-hybridized carbons (Fsp3) is 1.00. The van der Waals surface area contributed by atoms with Crippen molar-refractivity contribution >= 4 is 11.6 Å². The number of hydrogen-bond acceptors (Lipinski definition) is 2. The molecule has 0 amide bonds. The Balaban J connectivity index is 1.92. The van der Waals surface area contributed by atoms with Crippen molar-refractivity contribution in [1.82, 2.24) is 5.32 Å². The molecule has 3 N–H and O–H groups in total. The van der Waals surface area contributed by atoms with Crippen LogP contribution in [0.3, 0.4) is 0 Å². The van der Waals surface area contributed by atoms with Gasteiger partial charge in [-0.25, -0.2) is 0 Å². The highest BCUT2D eigenvalue weighted by Crippen LogP contribution is 2.37. The van der Waals surface area contributed by atoms with Crippen molar-refractivity contribution < 1.29 is 0 Å². The summed E-state index contributed by atoms with van der Waals surface area (Å²) >= 11 is 6.14. The number of nitrogens with two attached hydrogens (primary N) is 1. The molecule has 1 heterocycles. The van der Waals surface area contributed by atoms with Gasteiger partial charge in [0, 0.05) is 11.4 Å². The first kappa shape index (κ1) is 9.75. The average molecular weight is 203 g/mol. The SMILES string of the molecule is NCCC1CNC2CC(Cl)CCC12. The van der Waals surface area contributed by atoms with Gasteiger partial charge in [-0.1, -0.05) is 0 Å². The molecule has 3 heteroatoms. The molecule has 13 heavy (non-hydrogen) atoms. The molecule has 2 fully saturated rings. The third-order valence-corrected chi connectivity index (χ3v) is 4.02. The Morgan fingerprint density at radius 1 is 1.38 bits per heavy atom.